The monoisotopic (exact) mass is 402 g/mol. The Hall–Kier alpha value is -0.0400. The molecule has 0 radical (unpaired) electrons. The minimum Gasteiger partial charge on any atom is -0.393 e. The van der Waals surface area contributed by atoms with Gasteiger partial charge in [0.25, 0.3) is 0 Å². The van der Waals surface area contributed by atoms with Crippen LogP contribution in [0.2, 0.25) is 0 Å². The highest BCUT2D eigenvalue weighted by molar-refractivity contribution is 5.09. The normalized spacial score (nSPS) is 49.2. The highest BCUT2D eigenvalue weighted by atomic mass is 16.3. The van der Waals surface area contributed by atoms with E-state index < -0.39 is 0 Å². The van der Waals surface area contributed by atoms with Crippen LogP contribution in [0, 0.1) is 58.2 Å². The number of aliphatic hydroxyl groups excluding tert-OH is 1. The maximum Gasteiger partial charge on any atom is 0.0545 e. The Morgan fingerprint density at radius 2 is 1.48 bits per heavy atom. The Morgan fingerprint density at radius 3 is 2.21 bits per heavy atom. The second-order valence-electron chi connectivity index (χ2n) is 13.1. The Kier molecular flexibility index (Phi) is 6.22. The molecule has 10 atom stereocenters. The average Bonchev–Trinajstić information content (AvgIpc) is 3.02. The summed E-state index contributed by atoms with van der Waals surface area (Å²) in [5.74, 6) is 7.24. The van der Waals surface area contributed by atoms with E-state index in [0.29, 0.717) is 10.8 Å². The molecule has 4 fully saturated rings. The van der Waals surface area contributed by atoms with Crippen LogP contribution in [-0.4, -0.2) is 11.2 Å². The summed E-state index contributed by atoms with van der Waals surface area (Å²) in [5, 5.41) is 10.5. The van der Waals surface area contributed by atoms with Crippen molar-refractivity contribution >= 4 is 0 Å². The van der Waals surface area contributed by atoms with Crippen molar-refractivity contribution in [2.75, 3.05) is 0 Å². The maximum absolute atomic E-state index is 10.5. The minimum atomic E-state index is -0.0254. The summed E-state index contributed by atoms with van der Waals surface area (Å²) < 4.78 is 0. The summed E-state index contributed by atoms with van der Waals surface area (Å²) in [6.07, 6.45) is 15.1. The van der Waals surface area contributed by atoms with Gasteiger partial charge < -0.3 is 5.11 Å². The lowest BCUT2D eigenvalue weighted by atomic mass is 9.44. The largest absolute Gasteiger partial charge is 0.393 e. The van der Waals surface area contributed by atoms with Gasteiger partial charge in [0.15, 0.2) is 0 Å². The van der Waals surface area contributed by atoms with Gasteiger partial charge in [-0.1, -0.05) is 54.4 Å². The zero-order valence-electron chi connectivity index (χ0n) is 20.4. The third-order valence-electron chi connectivity index (χ3n) is 11.6. The van der Waals surface area contributed by atoms with E-state index in [0.717, 1.165) is 60.2 Å². The van der Waals surface area contributed by atoms with Gasteiger partial charge >= 0.3 is 0 Å². The zero-order chi connectivity index (χ0) is 21.0. The molecule has 2 unspecified atom stereocenters. The molecule has 29 heavy (non-hydrogen) atoms. The van der Waals surface area contributed by atoms with E-state index in [-0.39, 0.29) is 6.10 Å². The minimum absolute atomic E-state index is 0.0254. The van der Waals surface area contributed by atoms with Crippen LogP contribution in [0.1, 0.15) is 112 Å². The van der Waals surface area contributed by atoms with Crippen molar-refractivity contribution in [1.29, 1.82) is 0 Å². The van der Waals surface area contributed by atoms with Gasteiger partial charge in [0.2, 0.25) is 0 Å². The lowest BCUT2D eigenvalue weighted by molar-refractivity contribution is -0.133. The Bertz CT molecular complexity index is 569. The van der Waals surface area contributed by atoms with Crippen LogP contribution in [0.5, 0.6) is 0 Å². The molecule has 4 rings (SSSR count). The van der Waals surface area contributed by atoms with Gasteiger partial charge in [0, 0.05) is 0 Å². The van der Waals surface area contributed by atoms with Crippen molar-refractivity contribution in [1.82, 2.24) is 0 Å². The maximum atomic E-state index is 10.5. The molecule has 1 heteroatoms. The number of aliphatic hydroxyl groups is 1. The molecule has 0 heterocycles. The molecule has 0 aliphatic heterocycles. The molecule has 1 nitrogen and oxygen atoms in total. The summed E-state index contributed by atoms with van der Waals surface area (Å²) in [6.45, 7) is 15.1. The predicted octanol–water partition coefficient (Wildman–Crippen LogP) is 7.71. The van der Waals surface area contributed by atoms with Crippen LogP contribution < -0.4 is 0 Å². The number of hydrogen-bond donors (Lipinski definition) is 1. The fourth-order valence-corrected chi connectivity index (χ4v) is 9.37. The van der Waals surface area contributed by atoms with E-state index in [4.69, 9.17) is 0 Å². The Balaban J connectivity index is 1.47. The molecular formula is C28H50O. The first-order valence-corrected chi connectivity index (χ1v) is 13.3. The number of rotatable bonds is 5. The molecule has 0 amide bonds. The van der Waals surface area contributed by atoms with Crippen molar-refractivity contribution in [3.8, 4) is 0 Å². The fourth-order valence-electron chi connectivity index (χ4n) is 9.37. The van der Waals surface area contributed by atoms with Crippen LogP contribution in [0.3, 0.4) is 0 Å². The molecule has 1 N–H and O–H groups in total. The van der Waals surface area contributed by atoms with Crippen molar-refractivity contribution in [3.05, 3.63) is 0 Å². The molecule has 0 aromatic carbocycles. The second kappa shape index (κ2) is 8.14. The zero-order valence-corrected chi connectivity index (χ0v) is 20.4. The molecule has 4 aliphatic rings. The molecule has 0 bridgehead atoms. The van der Waals surface area contributed by atoms with Crippen molar-refractivity contribution < 1.29 is 5.11 Å². The van der Waals surface area contributed by atoms with Gasteiger partial charge in [0.1, 0.15) is 0 Å². The first-order chi connectivity index (χ1) is 13.7. The van der Waals surface area contributed by atoms with Crippen LogP contribution >= 0.6 is 0 Å². The molecule has 0 aromatic heterocycles. The SMILES string of the molecule is CC(C)[C@@H](C)CC[C@@H](C)[C@H]1CC[C@H]2[C@@H]3CCC4CCC(O)C[C@]4(C)[C@H]3CC[C@]12C. The van der Waals surface area contributed by atoms with Crippen molar-refractivity contribution in [2.24, 2.45) is 58.2 Å². The molecule has 168 valence electrons. The molecular weight excluding hydrogens is 352 g/mol. The third-order valence-corrected chi connectivity index (χ3v) is 11.6. The lowest BCUT2D eigenvalue weighted by Gasteiger charge is -2.61. The fraction of sp³-hybridized carbons (Fsp3) is 1.00. The number of hydrogen-bond acceptors (Lipinski definition) is 1. The highest BCUT2D eigenvalue weighted by Crippen LogP contribution is 2.68. The van der Waals surface area contributed by atoms with Gasteiger partial charge in [0.05, 0.1) is 6.10 Å². The lowest BCUT2D eigenvalue weighted by Crippen LogP contribution is -2.54. The molecule has 4 saturated carbocycles. The van der Waals surface area contributed by atoms with E-state index in [1.165, 1.54) is 57.8 Å². The van der Waals surface area contributed by atoms with Crippen LogP contribution in [0.25, 0.3) is 0 Å². The second-order valence-corrected chi connectivity index (χ2v) is 13.1. The van der Waals surface area contributed by atoms with Crippen LogP contribution in [-0.2, 0) is 0 Å². The summed E-state index contributed by atoms with van der Waals surface area (Å²) in [6, 6.07) is 0. The summed E-state index contributed by atoms with van der Waals surface area (Å²) in [4.78, 5) is 0. The van der Waals surface area contributed by atoms with Crippen LogP contribution in [0.15, 0.2) is 0 Å². The topological polar surface area (TPSA) is 20.2 Å². The first kappa shape index (κ1) is 22.2. The summed E-state index contributed by atoms with van der Waals surface area (Å²) >= 11 is 0. The van der Waals surface area contributed by atoms with Crippen molar-refractivity contribution in [3.63, 3.8) is 0 Å². The van der Waals surface area contributed by atoms with E-state index in [2.05, 4.69) is 41.5 Å². The third kappa shape index (κ3) is 3.74. The first-order valence-electron chi connectivity index (χ1n) is 13.3. The summed E-state index contributed by atoms with van der Waals surface area (Å²) in [5.41, 5.74) is 1.02. The molecule has 4 aliphatic carbocycles. The standard InChI is InChI=1S/C28H50O/c1-18(2)19(3)7-8-20(4)24-13-14-25-23-12-10-21-9-11-22(29)17-28(21,6)26(23)15-16-27(24,25)5/h18-26,29H,7-17H2,1-6H3/t19-,20+,21?,22?,23-,24+,25-,26-,27+,28-/m0/s1. The smallest absolute Gasteiger partial charge is 0.0545 e. The molecule has 0 saturated heterocycles. The van der Waals surface area contributed by atoms with E-state index in [9.17, 15) is 5.11 Å². The quantitative estimate of drug-likeness (QED) is 0.499. The van der Waals surface area contributed by atoms with Gasteiger partial charge in [-0.25, -0.2) is 0 Å². The predicted molar refractivity (Wildman–Crippen MR) is 124 cm³/mol. The van der Waals surface area contributed by atoms with Gasteiger partial charge in [-0.15, -0.1) is 0 Å². The van der Waals surface area contributed by atoms with Gasteiger partial charge in [-0.2, -0.15) is 0 Å². The van der Waals surface area contributed by atoms with Gasteiger partial charge in [-0.3, -0.25) is 0 Å². The van der Waals surface area contributed by atoms with Crippen molar-refractivity contribution in [2.45, 2.75) is 118 Å². The Labute approximate surface area is 181 Å². The Morgan fingerprint density at radius 1 is 0.793 bits per heavy atom. The molecule has 0 aromatic rings. The molecule has 0 spiro atoms. The number of fused-ring (bicyclic) bond motifs is 5. The summed E-state index contributed by atoms with van der Waals surface area (Å²) in [7, 11) is 0. The van der Waals surface area contributed by atoms with E-state index >= 15 is 0 Å². The van der Waals surface area contributed by atoms with E-state index in [1.54, 1.807) is 0 Å². The highest BCUT2D eigenvalue weighted by Gasteiger charge is 2.60. The van der Waals surface area contributed by atoms with E-state index in [1.807, 2.05) is 0 Å². The van der Waals surface area contributed by atoms with Crippen LogP contribution in [0.4, 0.5) is 0 Å². The average molecular weight is 403 g/mol. The van der Waals surface area contributed by atoms with Gasteiger partial charge in [-0.05, 0) is 116 Å².